The van der Waals surface area contributed by atoms with Crippen LogP contribution in [0.2, 0.25) is 13.1 Å². The number of methoxy groups -OCH3 is 1. The van der Waals surface area contributed by atoms with Crippen LogP contribution in [0.15, 0.2) is 77.9 Å². The van der Waals surface area contributed by atoms with Crippen molar-refractivity contribution in [2.75, 3.05) is 7.11 Å². The van der Waals surface area contributed by atoms with E-state index in [4.69, 9.17) is 4.74 Å². The second-order valence-corrected chi connectivity index (χ2v) is 17.9. The molecule has 0 spiro atoms. The van der Waals surface area contributed by atoms with Gasteiger partial charge in [-0.05, 0) is 86.1 Å². The van der Waals surface area contributed by atoms with Gasteiger partial charge in [-0.15, -0.1) is 0 Å². The molecule has 2 heteroatoms. The molecule has 2 aliphatic rings. The third-order valence-electron chi connectivity index (χ3n) is 9.52. The Kier molecular flexibility index (Phi) is 6.74. The van der Waals surface area contributed by atoms with E-state index in [0.29, 0.717) is 11.1 Å². The summed E-state index contributed by atoms with van der Waals surface area (Å²) in [6.07, 6.45) is 4.96. The first kappa shape index (κ1) is 27.5. The van der Waals surface area contributed by atoms with Crippen LogP contribution in [0.1, 0.15) is 69.4 Å². The minimum atomic E-state index is -1.97. The first-order chi connectivity index (χ1) is 19.5. The van der Waals surface area contributed by atoms with E-state index in [1.807, 2.05) is 7.11 Å². The minimum Gasteiger partial charge on any atom is -0.496 e. The van der Waals surface area contributed by atoms with Crippen molar-refractivity contribution in [2.24, 2.45) is 0 Å². The van der Waals surface area contributed by atoms with Crippen molar-refractivity contribution >= 4 is 20.2 Å². The van der Waals surface area contributed by atoms with E-state index in [1.165, 1.54) is 77.9 Å². The van der Waals surface area contributed by atoms with Gasteiger partial charge in [0.25, 0.3) is 0 Å². The second kappa shape index (κ2) is 10.0. The van der Waals surface area contributed by atoms with Gasteiger partial charge in [0, 0.05) is 16.6 Å². The predicted octanol–water partition coefficient (Wildman–Crippen LogP) is 10.8. The van der Waals surface area contributed by atoms with Crippen molar-refractivity contribution in [3.8, 4) is 28.0 Å². The van der Waals surface area contributed by atoms with Crippen molar-refractivity contribution in [3.05, 3.63) is 122 Å². The Morgan fingerprint density at radius 2 is 1.22 bits per heavy atom. The average molecular weight is 555 g/mol. The number of benzene rings is 4. The van der Waals surface area contributed by atoms with E-state index in [0.717, 1.165) is 5.75 Å². The molecule has 0 radical (unpaired) electrons. The molecule has 0 saturated carbocycles. The summed E-state index contributed by atoms with van der Waals surface area (Å²) in [4.78, 5) is 0. The minimum absolute atomic E-state index is 0.439. The lowest BCUT2D eigenvalue weighted by molar-refractivity contribution is 0.413. The van der Waals surface area contributed by atoms with E-state index < -0.39 is 8.07 Å². The monoisotopic (exact) mass is 554 g/mol. The van der Waals surface area contributed by atoms with Crippen LogP contribution < -0.4 is 4.74 Å². The van der Waals surface area contributed by atoms with Gasteiger partial charge >= 0.3 is 0 Å². The average Bonchev–Trinajstić information content (AvgIpc) is 3.43. The van der Waals surface area contributed by atoms with Crippen LogP contribution in [0, 0.1) is 27.7 Å². The molecule has 0 aliphatic heterocycles. The molecule has 0 amide bonds. The highest BCUT2D eigenvalue weighted by Crippen LogP contribution is 2.55. The van der Waals surface area contributed by atoms with Crippen molar-refractivity contribution in [3.63, 3.8) is 0 Å². The molecule has 0 bridgehead atoms. The number of aryl methyl sites for hydroxylation is 4. The van der Waals surface area contributed by atoms with Crippen molar-refractivity contribution < 1.29 is 4.74 Å². The fourth-order valence-corrected chi connectivity index (χ4v) is 13.1. The molecule has 41 heavy (non-hydrogen) atoms. The molecule has 6 rings (SSSR count). The van der Waals surface area contributed by atoms with E-state index in [-0.39, 0.29) is 0 Å². The maximum absolute atomic E-state index is 6.09. The summed E-state index contributed by atoms with van der Waals surface area (Å²) in [5.74, 6) is 1.00. The van der Waals surface area contributed by atoms with Crippen molar-refractivity contribution in [1.82, 2.24) is 0 Å². The Bertz CT molecular complexity index is 1730. The molecular weight excluding hydrogens is 513 g/mol. The van der Waals surface area contributed by atoms with Crippen LogP contribution in [0.5, 0.6) is 5.75 Å². The van der Waals surface area contributed by atoms with Gasteiger partial charge in [-0.1, -0.05) is 120 Å². The van der Waals surface area contributed by atoms with Crippen LogP contribution >= 0.6 is 0 Å². The Morgan fingerprint density at radius 1 is 0.610 bits per heavy atom. The smallest absolute Gasteiger partial charge is 0.130 e. The lowest BCUT2D eigenvalue weighted by Crippen LogP contribution is -2.42. The molecule has 0 N–H and O–H groups in total. The third-order valence-corrected chi connectivity index (χ3v) is 14.0. The zero-order valence-corrected chi connectivity index (χ0v) is 27.1. The summed E-state index contributed by atoms with van der Waals surface area (Å²) in [5.41, 5.74) is 19.9. The van der Waals surface area contributed by atoms with Crippen LogP contribution in [-0.4, -0.2) is 15.2 Å². The quantitative estimate of drug-likeness (QED) is 0.223. The molecule has 0 saturated heterocycles. The summed E-state index contributed by atoms with van der Waals surface area (Å²) in [5, 5.41) is 0. The van der Waals surface area contributed by atoms with Gasteiger partial charge in [-0.3, -0.25) is 0 Å². The first-order valence-electron chi connectivity index (χ1n) is 14.9. The van der Waals surface area contributed by atoms with Crippen LogP contribution in [0.3, 0.4) is 0 Å². The Balaban J connectivity index is 1.50. The molecule has 208 valence electrons. The fourth-order valence-electron chi connectivity index (χ4n) is 8.14. The molecule has 2 unspecified atom stereocenters. The third kappa shape index (κ3) is 4.44. The standard InChI is InChI=1S/C39H42OSi/c1-23-13-15-29(16-14-23)31-11-10-12-32-33(31)21-27(5)38(32)41(8,9)39-28(6)22-34-35(39)20-26(4)37(40-7)36(34)30-18-24(2)17-25(3)19-30/h10-22,38-39H,1-9H3. The van der Waals surface area contributed by atoms with E-state index in [1.54, 1.807) is 0 Å². The maximum Gasteiger partial charge on any atom is 0.130 e. The fraction of sp³-hybridized carbons (Fsp3) is 0.282. The molecule has 4 aromatic rings. The Hall–Kier alpha value is -3.62. The number of fused-ring (bicyclic) bond motifs is 2. The number of ether oxygens (including phenoxy) is 1. The number of hydrogen-bond acceptors (Lipinski definition) is 1. The van der Waals surface area contributed by atoms with Gasteiger partial charge in [-0.2, -0.15) is 0 Å². The number of hydrogen-bond donors (Lipinski definition) is 0. The molecular formula is C39H42OSi. The molecule has 0 heterocycles. The molecule has 4 aromatic carbocycles. The van der Waals surface area contributed by atoms with E-state index in [2.05, 4.69) is 134 Å². The number of allylic oxidation sites excluding steroid dienone is 2. The molecule has 1 nitrogen and oxygen atoms in total. The first-order valence-corrected chi connectivity index (χ1v) is 18.0. The zero-order chi connectivity index (χ0) is 29.2. The Morgan fingerprint density at radius 3 is 1.85 bits per heavy atom. The summed E-state index contributed by atoms with van der Waals surface area (Å²) >= 11 is 0. The van der Waals surface area contributed by atoms with Gasteiger partial charge in [0.1, 0.15) is 5.75 Å². The summed E-state index contributed by atoms with van der Waals surface area (Å²) < 4.78 is 6.09. The Labute approximate surface area is 247 Å². The van der Waals surface area contributed by atoms with E-state index >= 15 is 0 Å². The highest BCUT2D eigenvalue weighted by atomic mass is 28.3. The summed E-state index contributed by atoms with van der Waals surface area (Å²) in [6, 6.07) is 25.3. The van der Waals surface area contributed by atoms with Gasteiger partial charge in [0.15, 0.2) is 0 Å². The van der Waals surface area contributed by atoms with Gasteiger partial charge < -0.3 is 4.74 Å². The molecule has 0 aromatic heterocycles. The molecule has 2 aliphatic carbocycles. The highest BCUT2D eigenvalue weighted by Gasteiger charge is 2.47. The second-order valence-electron chi connectivity index (χ2n) is 13.1. The van der Waals surface area contributed by atoms with Crippen molar-refractivity contribution in [2.45, 2.75) is 65.7 Å². The van der Waals surface area contributed by atoms with Gasteiger partial charge in [-0.25, -0.2) is 0 Å². The summed E-state index contributed by atoms with van der Waals surface area (Å²) in [6.45, 7) is 18.7. The van der Waals surface area contributed by atoms with Crippen LogP contribution in [0.25, 0.3) is 34.4 Å². The highest BCUT2D eigenvalue weighted by molar-refractivity contribution is 6.81. The lowest BCUT2D eigenvalue weighted by atomic mass is 9.91. The topological polar surface area (TPSA) is 9.23 Å². The lowest BCUT2D eigenvalue weighted by Gasteiger charge is -2.39. The van der Waals surface area contributed by atoms with Crippen LogP contribution in [-0.2, 0) is 0 Å². The predicted molar refractivity (Wildman–Crippen MR) is 180 cm³/mol. The summed E-state index contributed by atoms with van der Waals surface area (Å²) in [7, 11) is -0.155. The normalized spacial score (nSPS) is 17.7. The largest absolute Gasteiger partial charge is 0.496 e. The zero-order valence-electron chi connectivity index (χ0n) is 26.1. The number of rotatable bonds is 5. The molecule has 0 fully saturated rings. The SMILES string of the molecule is COc1c(C)cc2c(c1-c1cc(C)cc(C)c1)C=C(C)C2[Si](C)(C)C1C(C)=Cc2c(-c3ccc(C)cc3)cccc21. The van der Waals surface area contributed by atoms with E-state index in [9.17, 15) is 0 Å². The van der Waals surface area contributed by atoms with Gasteiger partial charge in [0.2, 0.25) is 0 Å². The van der Waals surface area contributed by atoms with Crippen LogP contribution in [0.4, 0.5) is 0 Å². The maximum atomic E-state index is 6.09. The van der Waals surface area contributed by atoms with Gasteiger partial charge in [0.05, 0.1) is 15.2 Å². The molecule has 2 atom stereocenters. The van der Waals surface area contributed by atoms with Crippen molar-refractivity contribution in [1.29, 1.82) is 0 Å².